The monoisotopic (exact) mass is 335 g/mol. The molecule has 2 N–H and O–H groups in total. The molecule has 4 nitrogen and oxygen atoms in total. The zero-order chi connectivity index (χ0) is 14.3. The maximum atomic E-state index is 13.7. The van der Waals surface area contributed by atoms with E-state index >= 15 is 0 Å². The van der Waals surface area contributed by atoms with Gasteiger partial charge in [-0.25, -0.2) is 9.37 Å². The van der Waals surface area contributed by atoms with E-state index in [1.807, 2.05) is 24.3 Å². The van der Waals surface area contributed by atoms with E-state index in [2.05, 4.69) is 20.9 Å². The molecular weight excluding hydrogens is 325 g/mol. The van der Waals surface area contributed by atoms with Gasteiger partial charge in [-0.3, -0.25) is 4.57 Å². The van der Waals surface area contributed by atoms with Crippen LogP contribution in [0.25, 0.3) is 16.7 Å². The Kier molecular flexibility index (Phi) is 3.10. The number of aromatic nitrogens is 2. The van der Waals surface area contributed by atoms with E-state index < -0.39 is 5.82 Å². The van der Waals surface area contributed by atoms with Gasteiger partial charge in [-0.15, -0.1) is 0 Å². The van der Waals surface area contributed by atoms with Crippen molar-refractivity contribution in [1.82, 2.24) is 9.55 Å². The van der Waals surface area contributed by atoms with Crippen LogP contribution in [0.5, 0.6) is 5.75 Å². The molecule has 0 bridgehead atoms. The molecule has 0 radical (unpaired) electrons. The van der Waals surface area contributed by atoms with Gasteiger partial charge >= 0.3 is 0 Å². The van der Waals surface area contributed by atoms with Crippen LogP contribution in [0.15, 0.2) is 40.9 Å². The average molecular weight is 336 g/mol. The predicted octanol–water partition coefficient (Wildman–Crippen LogP) is 3.52. The van der Waals surface area contributed by atoms with E-state index in [4.69, 9.17) is 10.5 Å². The fourth-order valence-corrected chi connectivity index (χ4v) is 2.60. The molecule has 0 aliphatic heterocycles. The second-order valence-corrected chi connectivity index (χ2v) is 5.09. The third-order valence-electron chi connectivity index (χ3n) is 3.05. The summed E-state index contributed by atoms with van der Waals surface area (Å²) in [6.45, 7) is 0. The number of benzene rings is 2. The van der Waals surface area contributed by atoms with Gasteiger partial charge < -0.3 is 10.5 Å². The molecular formula is C14H11BrFN3O. The number of imidazole rings is 1. The van der Waals surface area contributed by atoms with Crippen molar-refractivity contribution >= 4 is 32.9 Å². The molecule has 0 spiro atoms. The van der Waals surface area contributed by atoms with Gasteiger partial charge in [0.25, 0.3) is 0 Å². The zero-order valence-corrected chi connectivity index (χ0v) is 12.2. The fraction of sp³-hybridized carbons (Fsp3) is 0.0714. The molecule has 0 fully saturated rings. The molecule has 0 unspecified atom stereocenters. The molecule has 0 saturated heterocycles. The molecule has 102 valence electrons. The number of methoxy groups -OCH3 is 1. The summed E-state index contributed by atoms with van der Waals surface area (Å²) in [4.78, 5) is 4.19. The highest BCUT2D eigenvalue weighted by molar-refractivity contribution is 9.10. The number of fused-ring (bicyclic) bond motifs is 1. The molecule has 1 heterocycles. The number of halogens is 2. The number of ether oxygens (including phenoxy) is 1. The fourth-order valence-electron chi connectivity index (χ4n) is 2.14. The summed E-state index contributed by atoms with van der Waals surface area (Å²) in [6, 6.07) is 10.5. The zero-order valence-electron chi connectivity index (χ0n) is 10.6. The van der Waals surface area contributed by atoms with Gasteiger partial charge in [0.05, 0.1) is 23.8 Å². The lowest BCUT2D eigenvalue weighted by Crippen LogP contribution is -2.01. The maximum absolute atomic E-state index is 13.7. The van der Waals surface area contributed by atoms with Gasteiger partial charge in [0.2, 0.25) is 5.95 Å². The lowest BCUT2D eigenvalue weighted by atomic mass is 10.2. The SMILES string of the molecule is COc1cc2c(cc1F)nc(N)n2-c1ccccc1Br. The van der Waals surface area contributed by atoms with Crippen molar-refractivity contribution in [2.45, 2.75) is 0 Å². The van der Waals surface area contributed by atoms with Crippen LogP contribution in [0, 0.1) is 5.82 Å². The Hall–Kier alpha value is -2.08. The van der Waals surface area contributed by atoms with Gasteiger partial charge in [0, 0.05) is 16.6 Å². The topological polar surface area (TPSA) is 53.1 Å². The standard InChI is InChI=1S/C14H11BrFN3O/c1-20-13-7-12-10(6-9(13)16)18-14(17)19(12)11-5-3-2-4-8(11)15/h2-7H,1H3,(H2,17,18). The number of nitrogens with zero attached hydrogens (tertiary/aromatic N) is 2. The van der Waals surface area contributed by atoms with Gasteiger partial charge in [-0.1, -0.05) is 12.1 Å². The first-order valence-corrected chi connectivity index (χ1v) is 6.67. The number of hydrogen-bond donors (Lipinski definition) is 1. The first-order valence-electron chi connectivity index (χ1n) is 5.88. The number of para-hydroxylation sites is 1. The number of rotatable bonds is 2. The summed E-state index contributed by atoms with van der Waals surface area (Å²) >= 11 is 3.48. The highest BCUT2D eigenvalue weighted by Gasteiger charge is 2.15. The average Bonchev–Trinajstić information content (AvgIpc) is 2.73. The smallest absolute Gasteiger partial charge is 0.205 e. The van der Waals surface area contributed by atoms with E-state index in [0.717, 1.165) is 10.2 Å². The van der Waals surface area contributed by atoms with Crippen molar-refractivity contribution in [1.29, 1.82) is 0 Å². The molecule has 3 aromatic rings. The van der Waals surface area contributed by atoms with Crippen LogP contribution in [0.1, 0.15) is 0 Å². The molecule has 0 amide bonds. The third-order valence-corrected chi connectivity index (χ3v) is 3.72. The molecule has 2 aromatic carbocycles. The summed E-state index contributed by atoms with van der Waals surface area (Å²) in [7, 11) is 1.42. The minimum absolute atomic E-state index is 0.158. The Morgan fingerprint density at radius 2 is 2.05 bits per heavy atom. The second kappa shape index (κ2) is 4.79. The van der Waals surface area contributed by atoms with Crippen molar-refractivity contribution in [2.24, 2.45) is 0 Å². The summed E-state index contributed by atoms with van der Waals surface area (Å²) in [5, 5.41) is 0. The normalized spacial score (nSPS) is 10.9. The van der Waals surface area contributed by atoms with E-state index in [0.29, 0.717) is 17.0 Å². The van der Waals surface area contributed by atoms with Crippen LogP contribution in [-0.4, -0.2) is 16.7 Å². The van der Waals surface area contributed by atoms with Crippen LogP contribution in [-0.2, 0) is 0 Å². The van der Waals surface area contributed by atoms with Crippen LogP contribution in [0.4, 0.5) is 10.3 Å². The van der Waals surface area contributed by atoms with Crippen molar-refractivity contribution < 1.29 is 9.13 Å². The molecule has 0 aliphatic rings. The predicted molar refractivity (Wildman–Crippen MR) is 79.7 cm³/mol. The van der Waals surface area contributed by atoms with Gasteiger partial charge in [0.15, 0.2) is 11.6 Å². The minimum atomic E-state index is -0.461. The van der Waals surface area contributed by atoms with E-state index in [-0.39, 0.29) is 5.75 Å². The van der Waals surface area contributed by atoms with Gasteiger partial charge in [0.1, 0.15) is 0 Å². The summed E-state index contributed by atoms with van der Waals surface area (Å²) in [5.74, 6) is -0.0120. The highest BCUT2D eigenvalue weighted by atomic mass is 79.9. The van der Waals surface area contributed by atoms with Crippen molar-refractivity contribution in [3.05, 3.63) is 46.7 Å². The van der Waals surface area contributed by atoms with Crippen LogP contribution < -0.4 is 10.5 Å². The minimum Gasteiger partial charge on any atom is -0.494 e. The summed E-state index contributed by atoms with van der Waals surface area (Å²) < 4.78 is 21.4. The van der Waals surface area contributed by atoms with E-state index in [9.17, 15) is 4.39 Å². The second-order valence-electron chi connectivity index (χ2n) is 4.23. The molecule has 6 heteroatoms. The number of hydrogen-bond acceptors (Lipinski definition) is 3. The third kappa shape index (κ3) is 1.92. The Labute approximate surface area is 123 Å². The maximum Gasteiger partial charge on any atom is 0.205 e. The lowest BCUT2D eigenvalue weighted by molar-refractivity contribution is 0.387. The quantitative estimate of drug-likeness (QED) is 0.779. The van der Waals surface area contributed by atoms with Crippen molar-refractivity contribution in [3.8, 4) is 11.4 Å². The molecule has 20 heavy (non-hydrogen) atoms. The van der Waals surface area contributed by atoms with E-state index in [1.165, 1.54) is 13.2 Å². The summed E-state index contributed by atoms with van der Waals surface area (Å²) in [5.41, 5.74) is 7.97. The van der Waals surface area contributed by atoms with Crippen LogP contribution in [0.3, 0.4) is 0 Å². The molecule has 0 aliphatic carbocycles. The number of anilines is 1. The first-order chi connectivity index (χ1) is 9.61. The number of nitrogens with two attached hydrogens (primary N) is 1. The molecule has 3 rings (SSSR count). The van der Waals surface area contributed by atoms with Crippen LogP contribution in [0.2, 0.25) is 0 Å². The molecule has 0 atom stereocenters. The summed E-state index contributed by atoms with van der Waals surface area (Å²) in [6.07, 6.45) is 0. The van der Waals surface area contributed by atoms with Gasteiger partial charge in [-0.05, 0) is 28.1 Å². The Balaban J connectivity index is 2.36. The van der Waals surface area contributed by atoms with Crippen molar-refractivity contribution in [2.75, 3.05) is 12.8 Å². The van der Waals surface area contributed by atoms with Gasteiger partial charge in [-0.2, -0.15) is 0 Å². The first kappa shape index (κ1) is 12.9. The van der Waals surface area contributed by atoms with Crippen molar-refractivity contribution in [3.63, 3.8) is 0 Å². The Morgan fingerprint density at radius 1 is 1.30 bits per heavy atom. The Morgan fingerprint density at radius 3 is 2.75 bits per heavy atom. The Bertz CT molecular complexity index is 800. The number of nitrogen functional groups attached to an aromatic ring is 1. The largest absolute Gasteiger partial charge is 0.494 e. The van der Waals surface area contributed by atoms with Crippen LogP contribution >= 0.6 is 15.9 Å². The molecule has 1 aromatic heterocycles. The highest BCUT2D eigenvalue weighted by Crippen LogP contribution is 2.31. The lowest BCUT2D eigenvalue weighted by Gasteiger charge is -2.09. The van der Waals surface area contributed by atoms with E-state index in [1.54, 1.807) is 10.6 Å². The molecule has 0 saturated carbocycles.